The zero-order chi connectivity index (χ0) is 17.5. The Morgan fingerprint density at radius 2 is 1.79 bits per heavy atom. The fourth-order valence-electron chi connectivity index (χ4n) is 2.17. The highest BCUT2D eigenvalue weighted by Crippen LogP contribution is 2.16. The van der Waals surface area contributed by atoms with Crippen LogP contribution in [0, 0.1) is 0 Å². The van der Waals surface area contributed by atoms with Crippen LogP contribution in [0.25, 0.3) is 6.08 Å². The van der Waals surface area contributed by atoms with Crippen LogP contribution in [0.2, 0.25) is 5.02 Å². The predicted octanol–water partition coefficient (Wildman–Crippen LogP) is 4.73. The Hall–Kier alpha value is -2.39. The molecule has 0 heterocycles. The van der Waals surface area contributed by atoms with Crippen molar-refractivity contribution >= 4 is 29.4 Å². The van der Waals surface area contributed by atoms with Gasteiger partial charge in [0.15, 0.2) is 6.10 Å². The minimum Gasteiger partial charge on any atom is -0.451 e. The van der Waals surface area contributed by atoms with Crippen LogP contribution in [0.15, 0.2) is 54.6 Å². The standard InChI is InChI=1S/C20H19ClO3/c1-3-15-8-10-17(11-9-15)20(23)14(2)24-19(22)13-12-16-6-4-5-7-18(16)21/h4-14H,3H2,1-2H3/b13-12+/t14-/m1/s1. The molecule has 2 aromatic carbocycles. The van der Waals surface area contributed by atoms with E-state index in [4.69, 9.17) is 16.3 Å². The summed E-state index contributed by atoms with van der Waals surface area (Å²) in [4.78, 5) is 24.2. The third-order valence-corrected chi connectivity index (χ3v) is 3.96. The number of esters is 1. The van der Waals surface area contributed by atoms with E-state index in [1.807, 2.05) is 31.2 Å². The average Bonchev–Trinajstić information content (AvgIpc) is 2.60. The molecule has 0 spiro atoms. The molecule has 0 saturated heterocycles. The molecule has 1 atom stereocenters. The quantitative estimate of drug-likeness (QED) is 0.433. The van der Waals surface area contributed by atoms with Crippen molar-refractivity contribution in [3.8, 4) is 0 Å². The summed E-state index contributed by atoms with van der Waals surface area (Å²) in [6.07, 6.45) is 2.90. The van der Waals surface area contributed by atoms with Crippen LogP contribution in [0.5, 0.6) is 0 Å². The largest absolute Gasteiger partial charge is 0.451 e. The summed E-state index contributed by atoms with van der Waals surface area (Å²) < 4.78 is 5.17. The van der Waals surface area contributed by atoms with Gasteiger partial charge in [-0.3, -0.25) is 4.79 Å². The van der Waals surface area contributed by atoms with Crippen LogP contribution in [-0.2, 0) is 16.0 Å². The van der Waals surface area contributed by atoms with E-state index in [2.05, 4.69) is 0 Å². The van der Waals surface area contributed by atoms with Gasteiger partial charge in [0.1, 0.15) is 0 Å². The molecule has 2 aromatic rings. The van der Waals surface area contributed by atoms with Crippen LogP contribution >= 0.6 is 11.6 Å². The highest BCUT2D eigenvalue weighted by molar-refractivity contribution is 6.32. The highest BCUT2D eigenvalue weighted by atomic mass is 35.5. The van der Waals surface area contributed by atoms with Crippen LogP contribution in [0.3, 0.4) is 0 Å². The maximum Gasteiger partial charge on any atom is 0.331 e. The molecule has 0 aliphatic rings. The van der Waals surface area contributed by atoms with Gasteiger partial charge in [0.25, 0.3) is 0 Å². The van der Waals surface area contributed by atoms with Gasteiger partial charge in [-0.1, -0.05) is 61.0 Å². The van der Waals surface area contributed by atoms with E-state index >= 15 is 0 Å². The van der Waals surface area contributed by atoms with Crippen LogP contribution < -0.4 is 0 Å². The number of halogens is 1. The third-order valence-electron chi connectivity index (χ3n) is 3.61. The predicted molar refractivity (Wildman–Crippen MR) is 96.2 cm³/mol. The van der Waals surface area contributed by atoms with E-state index in [1.54, 1.807) is 37.3 Å². The number of aryl methyl sites for hydroxylation is 1. The third kappa shape index (κ3) is 4.80. The number of carbonyl (C=O) groups excluding carboxylic acids is 2. The molecular formula is C20H19ClO3. The summed E-state index contributed by atoms with van der Waals surface area (Å²) in [6, 6.07) is 14.5. The van der Waals surface area contributed by atoms with Crippen molar-refractivity contribution in [1.29, 1.82) is 0 Å². The van der Waals surface area contributed by atoms with Gasteiger partial charge in [0, 0.05) is 16.7 Å². The van der Waals surface area contributed by atoms with E-state index in [0.717, 1.165) is 12.0 Å². The smallest absolute Gasteiger partial charge is 0.331 e. The average molecular weight is 343 g/mol. The summed E-state index contributed by atoms with van der Waals surface area (Å²) in [7, 11) is 0. The van der Waals surface area contributed by atoms with E-state index in [-0.39, 0.29) is 5.78 Å². The van der Waals surface area contributed by atoms with Gasteiger partial charge in [-0.15, -0.1) is 0 Å². The van der Waals surface area contributed by atoms with Crippen molar-refractivity contribution < 1.29 is 14.3 Å². The molecule has 0 aliphatic heterocycles. The molecule has 124 valence electrons. The first-order valence-corrected chi connectivity index (χ1v) is 8.15. The van der Waals surface area contributed by atoms with Crippen LogP contribution in [-0.4, -0.2) is 17.9 Å². The SMILES string of the molecule is CCc1ccc(C(=O)[C@@H](C)OC(=O)/C=C/c2ccccc2Cl)cc1. The van der Waals surface area contributed by atoms with Crippen LogP contribution in [0.1, 0.15) is 35.3 Å². The second-order valence-electron chi connectivity index (χ2n) is 5.35. The summed E-state index contributed by atoms with van der Waals surface area (Å²) >= 11 is 6.01. The lowest BCUT2D eigenvalue weighted by Gasteiger charge is -2.11. The van der Waals surface area contributed by atoms with Gasteiger partial charge in [-0.25, -0.2) is 4.79 Å². The van der Waals surface area contributed by atoms with Gasteiger partial charge in [0.05, 0.1) is 0 Å². The Bertz CT molecular complexity index is 748. The number of Topliss-reactive ketones (excluding diaryl/α,β-unsaturated/α-hetero) is 1. The molecule has 0 unspecified atom stereocenters. The Kier molecular flexibility index (Phi) is 6.33. The van der Waals surface area contributed by atoms with E-state index in [1.165, 1.54) is 6.08 Å². The number of hydrogen-bond acceptors (Lipinski definition) is 3. The second kappa shape index (κ2) is 8.46. The lowest BCUT2D eigenvalue weighted by Crippen LogP contribution is -2.23. The Morgan fingerprint density at radius 3 is 2.42 bits per heavy atom. The molecule has 24 heavy (non-hydrogen) atoms. The zero-order valence-electron chi connectivity index (χ0n) is 13.7. The minimum atomic E-state index is -0.846. The summed E-state index contributed by atoms with van der Waals surface area (Å²) in [5.41, 5.74) is 2.40. The van der Waals surface area contributed by atoms with Gasteiger partial charge in [-0.05, 0) is 36.6 Å². The van der Waals surface area contributed by atoms with Crippen molar-refractivity contribution in [3.63, 3.8) is 0 Å². The molecule has 2 rings (SSSR count). The maximum atomic E-state index is 12.3. The first-order valence-electron chi connectivity index (χ1n) is 7.77. The van der Waals surface area contributed by atoms with E-state index < -0.39 is 12.1 Å². The number of benzene rings is 2. The lowest BCUT2D eigenvalue weighted by atomic mass is 10.0. The molecule has 0 bridgehead atoms. The number of carbonyl (C=O) groups is 2. The number of hydrogen-bond donors (Lipinski definition) is 0. The molecule has 4 heteroatoms. The fourth-order valence-corrected chi connectivity index (χ4v) is 2.37. The van der Waals surface area contributed by atoms with Crippen molar-refractivity contribution in [3.05, 3.63) is 76.3 Å². The van der Waals surface area contributed by atoms with Crippen molar-refractivity contribution in [1.82, 2.24) is 0 Å². The molecule has 0 saturated carbocycles. The number of ether oxygens (including phenoxy) is 1. The molecular weight excluding hydrogens is 324 g/mol. The van der Waals surface area contributed by atoms with Crippen molar-refractivity contribution in [2.75, 3.05) is 0 Å². The lowest BCUT2D eigenvalue weighted by molar-refractivity contribution is -0.140. The Balaban J connectivity index is 1.97. The van der Waals surface area contributed by atoms with Crippen molar-refractivity contribution in [2.45, 2.75) is 26.4 Å². The van der Waals surface area contributed by atoms with Gasteiger partial charge < -0.3 is 4.74 Å². The minimum absolute atomic E-state index is 0.225. The van der Waals surface area contributed by atoms with Gasteiger partial charge in [-0.2, -0.15) is 0 Å². The Morgan fingerprint density at radius 1 is 1.12 bits per heavy atom. The monoisotopic (exact) mass is 342 g/mol. The molecule has 0 amide bonds. The van der Waals surface area contributed by atoms with Gasteiger partial charge in [0.2, 0.25) is 5.78 Å². The molecule has 0 fully saturated rings. The molecule has 0 aliphatic carbocycles. The topological polar surface area (TPSA) is 43.4 Å². The number of rotatable bonds is 6. The highest BCUT2D eigenvalue weighted by Gasteiger charge is 2.18. The first kappa shape index (κ1) is 18.0. The van der Waals surface area contributed by atoms with Gasteiger partial charge >= 0.3 is 5.97 Å². The maximum absolute atomic E-state index is 12.3. The number of ketones is 1. The van der Waals surface area contributed by atoms with E-state index in [0.29, 0.717) is 16.1 Å². The molecule has 0 radical (unpaired) electrons. The molecule has 0 N–H and O–H groups in total. The van der Waals surface area contributed by atoms with Crippen molar-refractivity contribution in [2.24, 2.45) is 0 Å². The fraction of sp³-hybridized carbons (Fsp3) is 0.200. The second-order valence-corrected chi connectivity index (χ2v) is 5.76. The van der Waals surface area contributed by atoms with Crippen LogP contribution in [0.4, 0.5) is 0 Å². The summed E-state index contributed by atoms with van der Waals surface area (Å²) in [5.74, 6) is -0.807. The zero-order valence-corrected chi connectivity index (χ0v) is 14.4. The van der Waals surface area contributed by atoms with E-state index in [9.17, 15) is 9.59 Å². The Labute approximate surface area is 146 Å². The first-order chi connectivity index (χ1) is 11.5. The summed E-state index contributed by atoms with van der Waals surface area (Å²) in [5, 5.41) is 0.543. The molecule has 0 aromatic heterocycles. The summed E-state index contributed by atoms with van der Waals surface area (Å²) in [6.45, 7) is 3.61. The molecule has 3 nitrogen and oxygen atoms in total. The normalized spacial score (nSPS) is 12.1.